The van der Waals surface area contributed by atoms with Gasteiger partial charge in [-0.05, 0) is 44.2 Å². The molecule has 17 heavy (non-hydrogen) atoms. The zero-order valence-corrected chi connectivity index (χ0v) is 10.8. The molecule has 1 aromatic rings. The molecule has 2 rings (SSSR count). The van der Waals surface area contributed by atoms with Crippen LogP contribution in [0.25, 0.3) is 0 Å². The lowest BCUT2D eigenvalue weighted by atomic mass is 9.90. The number of likely N-dealkylation sites (N-methyl/N-ethyl adjacent to an activating group) is 1. The molecule has 1 aromatic carbocycles. The second kappa shape index (κ2) is 6.61. The molecule has 0 aliphatic heterocycles. The summed E-state index contributed by atoms with van der Waals surface area (Å²) >= 11 is 0. The first-order valence-electron chi connectivity index (χ1n) is 6.86. The Hall–Kier alpha value is -1.08. The van der Waals surface area contributed by atoms with Gasteiger partial charge in [-0.3, -0.25) is 0 Å². The van der Waals surface area contributed by atoms with E-state index < -0.39 is 0 Å². The summed E-state index contributed by atoms with van der Waals surface area (Å²) in [6, 6.07) is 11.4. The summed E-state index contributed by atoms with van der Waals surface area (Å²) in [6.45, 7) is 3.25. The van der Waals surface area contributed by atoms with Gasteiger partial charge in [-0.15, -0.1) is 0 Å². The van der Waals surface area contributed by atoms with Crippen molar-refractivity contribution < 1.29 is 0 Å². The zero-order chi connectivity index (χ0) is 11.9. The SMILES string of the molecule is CCNC(Cc1ccccc1)C1=CCCCC1. The summed E-state index contributed by atoms with van der Waals surface area (Å²) in [4.78, 5) is 0. The number of rotatable bonds is 5. The number of allylic oxidation sites excluding steroid dienone is 1. The monoisotopic (exact) mass is 229 g/mol. The van der Waals surface area contributed by atoms with Gasteiger partial charge < -0.3 is 5.32 Å². The summed E-state index contributed by atoms with van der Waals surface area (Å²) in [6.07, 6.45) is 8.87. The maximum absolute atomic E-state index is 3.63. The quantitative estimate of drug-likeness (QED) is 0.759. The predicted molar refractivity (Wildman–Crippen MR) is 74.2 cm³/mol. The van der Waals surface area contributed by atoms with E-state index in [1.165, 1.54) is 31.2 Å². The highest BCUT2D eigenvalue weighted by atomic mass is 14.9. The topological polar surface area (TPSA) is 12.0 Å². The van der Waals surface area contributed by atoms with Crippen molar-refractivity contribution in [1.29, 1.82) is 0 Å². The molecule has 0 aromatic heterocycles. The molecule has 1 nitrogen and oxygen atoms in total. The summed E-state index contributed by atoms with van der Waals surface area (Å²) in [5.41, 5.74) is 3.06. The normalized spacial score (nSPS) is 17.6. The van der Waals surface area contributed by atoms with E-state index in [0.717, 1.165) is 13.0 Å². The average molecular weight is 229 g/mol. The molecule has 0 saturated heterocycles. The summed E-state index contributed by atoms with van der Waals surface area (Å²) in [5, 5.41) is 3.63. The fraction of sp³-hybridized carbons (Fsp3) is 0.500. The van der Waals surface area contributed by atoms with Crippen molar-refractivity contribution in [2.45, 2.75) is 45.1 Å². The molecule has 0 bridgehead atoms. The van der Waals surface area contributed by atoms with Gasteiger partial charge in [0.15, 0.2) is 0 Å². The van der Waals surface area contributed by atoms with Crippen LogP contribution in [0.15, 0.2) is 42.0 Å². The third-order valence-corrected chi connectivity index (χ3v) is 3.51. The second-order valence-electron chi connectivity index (χ2n) is 4.82. The van der Waals surface area contributed by atoms with Crippen molar-refractivity contribution in [3.05, 3.63) is 47.5 Å². The molecule has 1 atom stereocenters. The Labute approximate surface area is 105 Å². The largest absolute Gasteiger partial charge is 0.310 e. The minimum absolute atomic E-state index is 0.544. The van der Waals surface area contributed by atoms with E-state index in [2.05, 4.69) is 48.6 Å². The van der Waals surface area contributed by atoms with Crippen LogP contribution in [0.5, 0.6) is 0 Å². The maximum atomic E-state index is 3.63. The van der Waals surface area contributed by atoms with Gasteiger partial charge in [0, 0.05) is 6.04 Å². The third kappa shape index (κ3) is 3.71. The molecule has 0 saturated carbocycles. The van der Waals surface area contributed by atoms with E-state index in [-0.39, 0.29) is 0 Å². The van der Waals surface area contributed by atoms with Gasteiger partial charge >= 0.3 is 0 Å². The van der Waals surface area contributed by atoms with Gasteiger partial charge in [0.05, 0.1) is 0 Å². The molecule has 0 amide bonds. The van der Waals surface area contributed by atoms with Gasteiger partial charge in [0.25, 0.3) is 0 Å². The van der Waals surface area contributed by atoms with E-state index in [1.807, 2.05) is 0 Å². The highest BCUT2D eigenvalue weighted by Crippen LogP contribution is 2.22. The minimum Gasteiger partial charge on any atom is -0.310 e. The van der Waals surface area contributed by atoms with Gasteiger partial charge in [0.1, 0.15) is 0 Å². The van der Waals surface area contributed by atoms with Crippen molar-refractivity contribution in [3.8, 4) is 0 Å². The molecule has 1 unspecified atom stereocenters. The molecule has 1 aliphatic carbocycles. The first kappa shape index (κ1) is 12.4. The van der Waals surface area contributed by atoms with Gasteiger partial charge in [-0.1, -0.05) is 48.9 Å². The molecule has 1 heteroatoms. The van der Waals surface area contributed by atoms with Crippen LogP contribution in [0.2, 0.25) is 0 Å². The number of benzene rings is 1. The number of nitrogens with one attached hydrogen (secondary N) is 1. The third-order valence-electron chi connectivity index (χ3n) is 3.51. The Kier molecular flexibility index (Phi) is 4.81. The van der Waals surface area contributed by atoms with E-state index >= 15 is 0 Å². The smallest absolute Gasteiger partial charge is 0.0319 e. The van der Waals surface area contributed by atoms with Crippen LogP contribution in [0.4, 0.5) is 0 Å². The second-order valence-corrected chi connectivity index (χ2v) is 4.82. The Bertz CT molecular complexity index is 353. The van der Waals surface area contributed by atoms with E-state index in [9.17, 15) is 0 Å². The fourth-order valence-electron chi connectivity index (χ4n) is 2.61. The Morgan fingerprint density at radius 2 is 2.00 bits per heavy atom. The lowest BCUT2D eigenvalue weighted by Gasteiger charge is -2.24. The molecule has 0 fully saturated rings. The van der Waals surface area contributed by atoms with Crippen LogP contribution in [0.3, 0.4) is 0 Å². The first-order chi connectivity index (χ1) is 8.40. The van der Waals surface area contributed by atoms with Gasteiger partial charge in [-0.25, -0.2) is 0 Å². The van der Waals surface area contributed by atoms with E-state index in [1.54, 1.807) is 5.57 Å². The Balaban J connectivity index is 2.04. The summed E-state index contributed by atoms with van der Waals surface area (Å²) in [5.74, 6) is 0. The van der Waals surface area contributed by atoms with E-state index in [0.29, 0.717) is 6.04 Å². The van der Waals surface area contributed by atoms with Crippen LogP contribution < -0.4 is 5.32 Å². The van der Waals surface area contributed by atoms with Gasteiger partial charge in [-0.2, -0.15) is 0 Å². The molecular weight excluding hydrogens is 206 g/mol. The Morgan fingerprint density at radius 3 is 2.65 bits per heavy atom. The van der Waals surface area contributed by atoms with Crippen LogP contribution >= 0.6 is 0 Å². The van der Waals surface area contributed by atoms with Crippen molar-refractivity contribution in [2.75, 3.05) is 6.54 Å². The molecule has 0 radical (unpaired) electrons. The zero-order valence-electron chi connectivity index (χ0n) is 10.8. The van der Waals surface area contributed by atoms with E-state index in [4.69, 9.17) is 0 Å². The first-order valence-corrected chi connectivity index (χ1v) is 6.86. The minimum atomic E-state index is 0.544. The van der Waals surface area contributed by atoms with Crippen LogP contribution in [0, 0.1) is 0 Å². The van der Waals surface area contributed by atoms with Crippen LogP contribution in [0.1, 0.15) is 38.2 Å². The molecule has 1 N–H and O–H groups in total. The van der Waals surface area contributed by atoms with Crippen LogP contribution in [-0.4, -0.2) is 12.6 Å². The van der Waals surface area contributed by atoms with Crippen molar-refractivity contribution in [2.24, 2.45) is 0 Å². The molecular formula is C16H23N. The highest BCUT2D eigenvalue weighted by Gasteiger charge is 2.15. The van der Waals surface area contributed by atoms with Crippen LogP contribution in [-0.2, 0) is 6.42 Å². The average Bonchev–Trinajstić information content (AvgIpc) is 2.40. The van der Waals surface area contributed by atoms with Crippen molar-refractivity contribution in [1.82, 2.24) is 5.32 Å². The summed E-state index contributed by atoms with van der Waals surface area (Å²) < 4.78 is 0. The predicted octanol–water partition coefficient (Wildman–Crippen LogP) is 3.71. The standard InChI is InChI=1S/C16H23N/c1-2-17-16(15-11-7-4-8-12-15)13-14-9-5-3-6-10-14/h3,5-6,9-11,16-17H,2,4,7-8,12-13H2,1H3. The summed E-state index contributed by atoms with van der Waals surface area (Å²) in [7, 11) is 0. The molecule has 1 aliphatic rings. The van der Waals surface area contributed by atoms with Crippen molar-refractivity contribution >= 4 is 0 Å². The fourth-order valence-corrected chi connectivity index (χ4v) is 2.61. The number of hydrogen-bond donors (Lipinski definition) is 1. The van der Waals surface area contributed by atoms with Gasteiger partial charge in [0.2, 0.25) is 0 Å². The molecule has 92 valence electrons. The molecule has 0 heterocycles. The van der Waals surface area contributed by atoms with Crippen molar-refractivity contribution in [3.63, 3.8) is 0 Å². The highest BCUT2D eigenvalue weighted by molar-refractivity contribution is 5.22. The Morgan fingerprint density at radius 1 is 1.18 bits per heavy atom. The lowest BCUT2D eigenvalue weighted by Crippen LogP contribution is -2.33. The lowest BCUT2D eigenvalue weighted by molar-refractivity contribution is 0.541. The maximum Gasteiger partial charge on any atom is 0.0319 e. The molecule has 0 spiro atoms. The number of hydrogen-bond acceptors (Lipinski definition) is 1.